The van der Waals surface area contributed by atoms with Crippen molar-refractivity contribution < 1.29 is 14.5 Å². The van der Waals surface area contributed by atoms with Crippen LogP contribution in [0.5, 0.6) is 5.75 Å². The minimum absolute atomic E-state index is 0.0587. The molecule has 0 aliphatic carbocycles. The highest BCUT2D eigenvalue weighted by molar-refractivity contribution is 6.31. The fourth-order valence-electron chi connectivity index (χ4n) is 4.00. The van der Waals surface area contributed by atoms with Gasteiger partial charge in [-0.2, -0.15) is 5.10 Å². The number of aromatic nitrogens is 1. The average Bonchev–Trinajstić information content (AvgIpc) is 2.96. The summed E-state index contributed by atoms with van der Waals surface area (Å²) in [4.78, 5) is 27.3. The number of non-ortho nitro benzene ring substituents is 1. The Morgan fingerprint density at radius 1 is 0.949 bits per heavy atom. The van der Waals surface area contributed by atoms with Crippen molar-refractivity contribution in [2.24, 2.45) is 5.10 Å². The monoisotopic (exact) mass is 536 g/mol. The van der Waals surface area contributed by atoms with E-state index in [1.165, 1.54) is 18.3 Å². The second-order valence-electron chi connectivity index (χ2n) is 8.54. The van der Waals surface area contributed by atoms with Crippen molar-refractivity contribution in [3.63, 3.8) is 0 Å². The van der Waals surface area contributed by atoms with Crippen molar-refractivity contribution in [3.05, 3.63) is 124 Å². The highest BCUT2D eigenvalue weighted by atomic mass is 35.5. The van der Waals surface area contributed by atoms with E-state index in [0.717, 1.165) is 33.3 Å². The van der Waals surface area contributed by atoms with Crippen molar-refractivity contribution in [2.45, 2.75) is 0 Å². The number of benzene rings is 4. The smallest absolute Gasteiger partial charge is 0.277 e. The number of hydrogen-bond acceptors (Lipinski definition) is 6. The number of carbonyl (C=O) groups is 1. The Morgan fingerprint density at radius 2 is 1.74 bits per heavy atom. The summed E-state index contributed by atoms with van der Waals surface area (Å²) < 4.78 is 5.58. The molecule has 1 aromatic heterocycles. The molecule has 0 saturated carbocycles. The number of amides is 1. The molecule has 5 aromatic rings. The molecule has 0 unspecified atom stereocenters. The van der Waals surface area contributed by atoms with E-state index in [1.54, 1.807) is 24.3 Å². The van der Waals surface area contributed by atoms with Gasteiger partial charge in [-0.05, 0) is 59.7 Å². The number of halogens is 1. The highest BCUT2D eigenvalue weighted by Gasteiger charge is 2.11. The van der Waals surface area contributed by atoms with Gasteiger partial charge in [0.15, 0.2) is 6.61 Å². The van der Waals surface area contributed by atoms with Gasteiger partial charge in [-0.1, -0.05) is 54.1 Å². The van der Waals surface area contributed by atoms with Crippen LogP contribution < -0.4 is 10.2 Å². The molecule has 0 radical (unpaired) electrons. The van der Waals surface area contributed by atoms with Crippen LogP contribution >= 0.6 is 11.6 Å². The minimum atomic E-state index is -0.497. The van der Waals surface area contributed by atoms with E-state index < -0.39 is 10.8 Å². The normalized spacial score (nSPS) is 11.0. The first kappa shape index (κ1) is 25.6. The number of nitrogens with one attached hydrogen (secondary N) is 1. The molecule has 0 fully saturated rings. The van der Waals surface area contributed by atoms with E-state index in [4.69, 9.17) is 21.3 Å². The first-order chi connectivity index (χ1) is 19.0. The summed E-state index contributed by atoms with van der Waals surface area (Å²) in [6.45, 7) is -0.251. The lowest BCUT2D eigenvalue weighted by Crippen LogP contribution is -2.24. The van der Waals surface area contributed by atoms with Crippen LogP contribution in [0.2, 0.25) is 5.02 Å². The highest BCUT2D eigenvalue weighted by Crippen LogP contribution is 2.33. The summed E-state index contributed by atoms with van der Waals surface area (Å²) >= 11 is 6.28. The molecule has 8 nitrogen and oxygen atoms in total. The van der Waals surface area contributed by atoms with Gasteiger partial charge >= 0.3 is 0 Å². The predicted octanol–water partition coefficient (Wildman–Crippen LogP) is 6.66. The fraction of sp³-hybridized carbons (Fsp3) is 0.0333. The van der Waals surface area contributed by atoms with Crippen molar-refractivity contribution in [1.82, 2.24) is 10.4 Å². The van der Waals surface area contributed by atoms with Gasteiger partial charge in [0.2, 0.25) is 0 Å². The van der Waals surface area contributed by atoms with E-state index in [1.807, 2.05) is 54.6 Å². The third-order valence-corrected chi connectivity index (χ3v) is 6.09. The molecule has 0 aliphatic rings. The molecule has 192 valence electrons. The largest absolute Gasteiger partial charge is 0.484 e. The minimum Gasteiger partial charge on any atom is -0.484 e. The Labute approximate surface area is 228 Å². The molecular formula is C30H21ClN4O4. The summed E-state index contributed by atoms with van der Waals surface area (Å²) in [5, 5.41) is 16.3. The first-order valence-corrected chi connectivity index (χ1v) is 12.3. The number of nitro benzene ring substituents is 1. The van der Waals surface area contributed by atoms with Gasteiger partial charge in [0.05, 0.1) is 22.3 Å². The number of carbonyl (C=O) groups excluding carboxylic acids is 1. The number of hydrogen-bond donors (Lipinski definition) is 1. The van der Waals surface area contributed by atoms with Crippen LogP contribution in [-0.2, 0) is 4.79 Å². The zero-order valence-corrected chi connectivity index (χ0v) is 21.2. The Balaban J connectivity index is 1.26. The molecule has 0 spiro atoms. The van der Waals surface area contributed by atoms with Crippen LogP contribution in [0.4, 0.5) is 5.69 Å². The average molecular weight is 537 g/mol. The van der Waals surface area contributed by atoms with Gasteiger partial charge in [0.25, 0.3) is 11.6 Å². The van der Waals surface area contributed by atoms with Crippen molar-refractivity contribution in [3.8, 4) is 28.1 Å². The molecule has 9 heteroatoms. The maximum Gasteiger partial charge on any atom is 0.277 e. The summed E-state index contributed by atoms with van der Waals surface area (Å²) in [6.07, 6.45) is 1.33. The summed E-state index contributed by atoms with van der Waals surface area (Å²) in [5.41, 5.74) is 7.38. The Kier molecular flexibility index (Phi) is 7.56. The Morgan fingerprint density at radius 3 is 2.51 bits per heavy atom. The van der Waals surface area contributed by atoms with Crippen LogP contribution in [0.1, 0.15) is 5.56 Å². The number of ether oxygens (including phenoxy) is 1. The number of pyridine rings is 1. The zero-order chi connectivity index (χ0) is 27.2. The van der Waals surface area contributed by atoms with Gasteiger partial charge in [0, 0.05) is 33.7 Å². The van der Waals surface area contributed by atoms with E-state index in [0.29, 0.717) is 16.3 Å². The summed E-state index contributed by atoms with van der Waals surface area (Å²) in [6, 6.07) is 31.0. The second kappa shape index (κ2) is 11.5. The summed E-state index contributed by atoms with van der Waals surface area (Å²) in [7, 11) is 0. The second-order valence-corrected chi connectivity index (χ2v) is 8.98. The molecule has 5 rings (SSSR count). The van der Waals surface area contributed by atoms with Crippen LogP contribution in [0.3, 0.4) is 0 Å². The number of nitro groups is 1. The van der Waals surface area contributed by atoms with Gasteiger partial charge in [-0.15, -0.1) is 0 Å². The third kappa shape index (κ3) is 6.26. The first-order valence-electron chi connectivity index (χ1n) is 11.9. The summed E-state index contributed by atoms with van der Waals surface area (Å²) in [5.74, 6) is 0.0375. The molecule has 0 saturated heterocycles. The molecule has 0 aliphatic heterocycles. The molecule has 4 aromatic carbocycles. The van der Waals surface area contributed by atoms with E-state index in [-0.39, 0.29) is 12.3 Å². The van der Waals surface area contributed by atoms with Crippen LogP contribution in [0, 0.1) is 10.1 Å². The standard InChI is InChI=1S/C30H21ClN4O4/c31-23-11-14-28-27(16-23)26(21-6-2-1-3-7-21)17-29(33-28)22-9-12-25(13-10-22)39-19-30(36)34-32-18-20-5-4-8-24(15-20)35(37)38/h1-18H,19H2,(H,34,36). The molecule has 39 heavy (non-hydrogen) atoms. The quantitative estimate of drug-likeness (QED) is 0.135. The molecule has 1 N–H and O–H groups in total. The number of fused-ring (bicyclic) bond motifs is 1. The zero-order valence-electron chi connectivity index (χ0n) is 20.5. The van der Waals surface area contributed by atoms with Crippen LogP contribution in [0.15, 0.2) is 108 Å². The van der Waals surface area contributed by atoms with E-state index in [2.05, 4.69) is 22.7 Å². The predicted molar refractivity (Wildman–Crippen MR) is 152 cm³/mol. The van der Waals surface area contributed by atoms with Gasteiger partial charge in [-0.3, -0.25) is 14.9 Å². The van der Waals surface area contributed by atoms with Gasteiger partial charge in [-0.25, -0.2) is 10.4 Å². The Hall–Kier alpha value is -5.08. The molecule has 1 heterocycles. The number of nitrogens with zero attached hydrogens (tertiary/aromatic N) is 3. The lowest BCUT2D eigenvalue weighted by Gasteiger charge is -2.11. The van der Waals surface area contributed by atoms with E-state index in [9.17, 15) is 14.9 Å². The SMILES string of the molecule is O=C(COc1ccc(-c2cc(-c3ccccc3)c3cc(Cl)ccc3n2)cc1)NN=Cc1cccc([N+](=O)[O-])c1. The molecule has 1 amide bonds. The molecular weight excluding hydrogens is 516 g/mol. The van der Waals surface area contributed by atoms with Crippen molar-refractivity contribution in [1.29, 1.82) is 0 Å². The maximum atomic E-state index is 12.1. The lowest BCUT2D eigenvalue weighted by molar-refractivity contribution is -0.384. The van der Waals surface area contributed by atoms with Crippen LogP contribution in [0.25, 0.3) is 33.3 Å². The topological polar surface area (TPSA) is 107 Å². The van der Waals surface area contributed by atoms with Crippen LogP contribution in [-0.4, -0.2) is 28.6 Å². The van der Waals surface area contributed by atoms with Gasteiger partial charge in [0.1, 0.15) is 5.75 Å². The maximum absolute atomic E-state index is 12.1. The number of rotatable bonds is 8. The number of hydrazone groups is 1. The van der Waals surface area contributed by atoms with Crippen molar-refractivity contribution in [2.75, 3.05) is 6.61 Å². The van der Waals surface area contributed by atoms with E-state index >= 15 is 0 Å². The molecule has 0 bridgehead atoms. The van der Waals surface area contributed by atoms with Crippen molar-refractivity contribution >= 4 is 40.3 Å². The molecule has 0 atom stereocenters. The third-order valence-electron chi connectivity index (χ3n) is 5.86. The lowest BCUT2D eigenvalue weighted by atomic mass is 9.98. The van der Waals surface area contributed by atoms with Gasteiger partial charge < -0.3 is 4.74 Å². The Bertz CT molecular complexity index is 1690. The fourth-order valence-corrected chi connectivity index (χ4v) is 4.18.